The van der Waals surface area contributed by atoms with E-state index in [0.717, 1.165) is 0 Å². The van der Waals surface area contributed by atoms with E-state index in [4.69, 9.17) is 34.7 Å². The van der Waals surface area contributed by atoms with Crippen LogP contribution in [0.2, 0.25) is 0 Å². The number of halogens is 2. The van der Waals surface area contributed by atoms with Gasteiger partial charge in [0.2, 0.25) is 0 Å². The average Bonchev–Trinajstić information content (AvgIpc) is 1.65. The predicted octanol–water partition coefficient (Wildman–Crippen LogP) is 0.551. The lowest BCUT2D eigenvalue weighted by Gasteiger charge is -1.91. The number of hydrogen-bond donors (Lipinski definition) is 2. The van der Waals surface area contributed by atoms with Crippen LogP contribution >= 0.6 is 23.2 Å². The summed E-state index contributed by atoms with van der Waals surface area (Å²) in [6.07, 6.45) is 0. The summed E-state index contributed by atoms with van der Waals surface area (Å²) in [5.74, 6) is 0.190. The quantitative estimate of drug-likeness (QED) is 0.413. The number of rotatable bonds is 1. The van der Waals surface area contributed by atoms with Crippen LogP contribution in [0, 0.1) is 0 Å². The third-order valence-corrected chi connectivity index (χ3v) is 0.981. The first-order valence-electron chi connectivity index (χ1n) is 1.64. The fourth-order valence-corrected chi connectivity index (χ4v) is 0.343. The lowest BCUT2D eigenvalue weighted by molar-refractivity contribution is 1.26. The van der Waals surface area contributed by atoms with E-state index in [2.05, 4.69) is 0 Å². The zero-order valence-corrected chi connectivity index (χ0v) is 5.13. The van der Waals surface area contributed by atoms with E-state index in [9.17, 15) is 0 Å². The van der Waals surface area contributed by atoms with Gasteiger partial charge < -0.3 is 11.5 Å². The smallest absolute Gasteiger partial charge is 0.119 e. The molecular formula is C3H6Cl2N2. The molecule has 0 spiro atoms. The Labute approximate surface area is 52.1 Å². The van der Waals surface area contributed by atoms with Crippen LogP contribution in [-0.2, 0) is 0 Å². The summed E-state index contributed by atoms with van der Waals surface area (Å²) < 4.78 is 0. The molecule has 4 heteroatoms. The Balaban J connectivity index is 3.72. The minimum absolute atomic E-state index is 0.0787. The van der Waals surface area contributed by atoms with Gasteiger partial charge in [0.15, 0.2) is 0 Å². The highest BCUT2D eigenvalue weighted by molar-refractivity contribution is 6.30. The van der Waals surface area contributed by atoms with Gasteiger partial charge in [-0.1, -0.05) is 11.6 Å². The number of alkyl halides is 1. The second-order valence-corrected chi connectivity index (χ2v) is 1.68. The Kier molecular flexibility index (Phi) is 2.96. The first-order valence-corrected chi connectivity index (χ1v) is 2.55. The van der Waals surface area contributed by atoms with Crippen LogP contribution < -0.4 is 11.5 Å². The summed E-state index contributed by atoms with van der Waals surface area (Å²) in [6, 6.07) is 0. The molecule has 4 N–H and O–H groups in total. The summed E-state index contributed by atoms with van der Waals surface area (Å²) in [4.78, 5) is 0. The van der Waals surface area contributed by atoms with E-state index in [1.54, 1.807) is 0 Å². The molecule has 0 aliphatic rings. The fraction of sp³-hybridized carbons (Fsp3) is 0.333. The van der Waals surface area contributed by atoms with Crippen molar-refractivity contribution >= 4 is 23.2 Å². The molecule has 42 valence electrons. The zero-order chi connectivity index (χ0) is 5.86. The third-order valence-electron chi connectivity index (χ3n) is 0.451. The van der Waals surface area contributed by atoms with Crippen molar-refractivity contribution in [2.24, 2.45) is 11.5 Å². The molecule has 2 nitrogen and oxygen atoms in total. The Morgan fingerprint density at radius 2 is 1.86 bits per heavy atom. The standard InChI is InChI=1S/C3H6Cl2N2/c4-1-2(6)3(5)7/h1,6-7H2. The van der Waals surface area contributed by atoms with Gasteiger partial charge in [-0.25, -0.2) is 0 Å². The molecule has 0 fully saturated rings. The van der Waals surface area contributed by atoms with Crippen LogP contribution in [0.3, 0.4) is 0 Å². The summed E-state index contributed by atoms with van der Waals surface area (Å²) >= 11 is 10.4. The molecule has 0 aromatic rings. The number of hydrogen-bond acceptors (Lipinski definition) is 2. The highest BCUT2D eigenvalue weighted by Crippen LogP contribution is 1.96. The fourth-order valence-electron chi connectivity index (χ4n) is 0.0638. The molecule has 0 rings (SSSR count). The molecule has 0 radical (unpaired) electrons. The van der Waals surface area contributed by atoms with Crippen molar-refractivity contribution in [3.05, 3.63) is 10.9 Å². The molecule has 0 bridgehead atoms. The molecule has 0 aromatic heterocycles. The lowest BCUT2D eigenvalue weighted by atomic mass is 10.6. The van der Waals surface area contributed by atoms with Crippen molar-refractivity contribution in [3.63, 3.8) is 0 Å². The SMILES string of the molecule is NC(Cl)=C(N)CCl. The van der Waals surface area contributed by atoms with Crippen LogP contribution in [-0.4, -0.2) is 5.88 Å². The first kappa shape index (κ1) is 6.92. The highest BCUT2D eigenvalue weighted by atomic mass is 35.5. The van der Waals surface area contributed by atoms with Gasteiger partial charge in [0, 0.05) is 0 Å². The van der Waals surface area contributed by atoms with Gasteiger partial charge >= 0.3 is 0 Å². The molecule has 0 unspecified atom stereocenters. The maximum Gasteiger partial charge on any atom is 0.119 e. The van der Waals surface area contributed by atoms with E-state index in [0.29, 0.717) is 5.70 Å². The van der Waals surface area contributed by atoms with Gasteiger partial charge in [-0.3, -0.25) is 0 Å². The van der Waals surface area contributed by atoms with Gasteiger partial charge in [0.05, 0.1) is 11.6 Å². The van der Waals surface area contributed by atoms with Crippen LogP contribution in [0.4, 0.5) is 0 Å². The Morgan fingerprint density at radius 3 is 1.86 bits per heavy atom. The maximum absolute atomic E-state index is 5.20. The van der Waals surface area contributed by atoms with E-state index in [-0.39, 0.29) is 11.0 Å². The Bertz CT molecular complexity index is 84.9. The van der Waals surface area contributed by atoms with Gasteiger partial charge in [-0.2, -0.15) is 0 Å². The number of nitrogens with two attached hydrogens (primary N) is 2. The average molecular weight is 141 g/mol. The van der Waals surface area contributed by atoms with E-state index >= 15 is 0 Å². The molecule has 0 saturated heterocycles. The molecule has 0 heterocycles. The van der Waals surface area contributed by atoms with Crippen LogP contribution in [0.1, 0.15) is 0 Å². The van der Waals surface area contributed by atoms with E-state index < -0.39 is 0 Å². The molecular weight excluding hydrogens is 135 g/mol. The molecule has 0 amide bonds. The molecule has 7 heavy (non-hydrogen) atoms. The van der Waals surface area contributed by atoms with Crippen molar-refractivity contribution < 1.29 is 0 Å². The van der Waals surface area contributed by atoms with Crippen molar-refractivity contribution in [3.8, 4) is 0 Å². The summed E-state index contributed by atoms with van der Waals surface area (Å²) in [5.41, 5.74) is 10.4. The van der Waals surface area contributed by atoms with Crippen LogP contribution in [0.15, 0.2) is 10.9 Å². The first-order chi connectivity index (χ1) is 3.18. The summed E-state index contributed by atoms with van der Waals surface area (Å²) in [5, 5.41) is 0.0787. The predicted molar refractivity (Wildman–Crippen MR) is 32.0 cm³/mol. The highest BCUT2D eigenvalue weighted by Gasteiger charge is 1.88. The van der Waals surface area contributed by atoms with E-state index in [1.807, 2.05) is 0 Å². The minimum Gasteiger partial charge on any atom is -0.399 e. The summed E-state index contributed by atoms with van der Waals surface area (Å²) in [6.45, 7) is 0. The lowest BCUT2D eigenvalue weighted by Crippen LogP contribution is -2.05. The van der Waals surface area contributed by atoms with Crippen molar-refractivity contribution in [2.75, 3.05) is 5.88 Å². The summed E-state index contributed by atoms with van der Waals surface area (Å²) in [7, 11) is 0. The number of allylic oxidation sites excluding steroid dienone is 1. The van der Waals surface area contributed by atoms with E-state index in [1.165, 1.54) is 0 Å². The minimum atomic E-state index is 0.0787. The van der Waals surface area contributed by atoms with Gasteiger partial charge in [0.1, 0.15) is 5.16 Å². The topological polar surface area (TPSA) is 52.0 Å². The Morgan fingerprint density at radius 1 is 1.43 bits per heavy atom. The Hall–Kier alpha value is -0.0800. The molecule has 0 aromatic carbocycles. The van der Waals surface area contributed by atoms with Crippen LogP contribution in [0.25, 0.3) is 0 Å². The van der Waals surface area contributed by atoms with Crippen molar-refractivity contribution in [1.29, 1.82) is 0 Å². The third kappa shape index (κ3) is 2.60. The van der Waals surface area contributed by atoms with Crippen molar-refractivity contribution in [2.45, 2.75) is 0 Å². The molecule has 0 aliphatic heterocycles. The molecule has 0 saturated carbocycles. The molecule has 0 aliphatic carbocycles. The van der Waals surface area contributed by atoms with Gasteiger partial charge in [0.25, 0.3) is 0 Å². The largest absolute Gasteiger partial charge is 0.399 e. The molecule has 0 atom stereocenters. The van der Waals surface area contributed by atoms with Gasteiger partial charge in [-0.05, 0) is 0 Å². The van der Waals surface area contributed by atoms with Gasteiger partial charge in [-0.15, -0.1) is 11.6 Å². The monoisotopic (exact) mass is 140 g/mol. The second kappa shape index (κ2) is 2.99. The second-order valence-electron chi connectivity index (χ2n) is 1.01. The van der Waals surface area contributed by atoms with Crippen LogP contribution in [0.5, 0.6) is 0 Å². The maximum atomic E-state index is 5.20. The van der Waals surface area contributed by atoms with Crippen molar-refractivity contribution in [1.82, 2.24) is 0 Å². The normalized spacial score (nSPS) is 13.4. The zero-order valence-electron chi connectivity index (χ0n) is 3.62.